The van der Waals surface area contributed by atoms with Gasteiger partial charge in [0.05, 0.1) is 0 Å². The molecule has 0 spiro atoms. The molecule has 0 radical (unpaired) electrons. The predicted octanol–water partition coefficient (Wildman–Crippen LogP) is 3.58. The molecule has 2 atom stereocenters. The van der Waals surface area contributed by atoms with Crippen LogP contribution in [0.4, 0.5) is 0 Å². The van der Waals surface area contributed by atoms with Crippen LogP contribution in [0.25, 0.3) is 0 Å². The molecule has 2 heteroatoms. The van der Waals surface area contributed by atoms with Crippen molar-refractivity contribution in [3.8, 4) is 0 Å². The summed E-state index contributed by atoms with van der Waals surface area (Å²) in [5, 5.41) is 0. The Morgan fingerprint density at radius 1 is 1.06 bits per heavy atom. The van der Waals surface area contributed by atoms with E-state index < -0.39 is 0 Å². The Labute approximate surface area is 106 Å². The third kappa shape index (κ3) is 2.05. The van der Waals surface area contributed by atoms with E-state index in [1.165, 1.54) is 31.2 Å². The summed E-state index contributed by atoms with van der Waals surface area (Å²) in [6.45, 7) is 1.15. The van der Waals surface area contributed by atoms with Gasteiger partial charge in [-0.05, 0) is 31.2 Å². The number of rotatable bonds is 2. The maximum atomic E-state index is 3.80. The van der Waals surface area contributed by atoms with Gasteiger partial charge in [0.1, 0.15) is 0 Å². The fraction of sp³-hybridized carbons (Fsp3) is 0.571. The molecule has 2 aliphatic rings. The van der Waals surface area contributed by atoms with Gasteiger partial charge in [0.2, 0.25) is 0 Å². The monoisotopic (exact) mass is 279 g/mol. The fourth-order valence-corrected chi connectivity index (χ4v) is 4.12. The van der Waals surface area contributed by atoms with Crippen molar-refractivity contribution in [1.82, 2.24) is 4.90 Å². The Morgan fingerprint density at radius 2 is 1.69 bits per heavy atom. The van der Waals surface area contributed by atoms with Crippen LogP contribution in [-0.4, -0.2) is 21.8 Å². The second-order valence-electron chi connectivity index (χ2n) is 5.11. The first-order valence-corrected chi connectivity index (χ1v) is 7.18. The smallest absolute Gasteiger partial charge is 0.0239 e. The molecular weight excluding hydrogens is 262 g/mol. The van der Waals surface area contributed by atoms with E-state index in [1.807, 2.05) is 0 Å². The van der Waals surface area contributed by atoms with Crippen LogP contribution >= 0.6 is 15.9 Å². The molecular formula is C14H18BrN. The van der Waals surface area contributed by atoms with Gasteiger partial charge in [-0.15, -0.1) is 0 Å². The summed E-state index contributed by atoms with van der Waals surface area (Å²) in [6.07, 6.45) is 5.48. The van der Waals surface area contributed by atoms with E-state index in [2.05, 4.69) is 51.2 Å². The van der Waals surface area contributed by atoms with Crippen LogP contribution in [0.1, 0.15) is 31.2 Å². The molecule has 16 heavy (non-hydrogen) atoms. The average molecular weight is 280 g/mol. The summed E-state index contributed by atoms with van der Waals surface area (Å²) >= 11 is 3.80. The molecule has 86 valence electrons. The highest BCUT2D eigenvalue weighted by Crippen LogP contribution is 2.39. The van der Waals surface area contributed by atoms with Crippen LogP contribution in [0.5, 0.6) is 0 Å². The molecule has 0 aliphatic carbocycles. The van der Waals surface area contributed by atoms with Crippen LogP contribution in [0.2, 0.25) is 0 Å². The van der Waals surface area contributed by atoms with Crippen LogP contribution in [-0.2, 0) is 6.54 Å². The van der Waals surface area contributed by atoms with E-state index in [0.29, 0.717) is 0 Å². The molecule has 1 nitrogen and oxygen atoms in total. The fourth-order valence-electron chi connectivity index (χ4n) is 3.26. The second-order valence-corrected chi connectivity index (χ2v) is 6.41. The predicted molar refractivity (Wildman–Crippen MR) is 70.7 cm³/mol. The van der Waals surface area contributed by atoms with Crippen molar-refractivity contribution in [3.63, 3.8) is 0 Å². The van der Waals surface area contributed by atoms with E-state index in [9.17, 15) is 0 Å². The molecule has 2 aliphatic heterocycles. The quantitative estimate of drug-likeness (QED) is 0.748. The normalized spacial score (nSPS) is 34.2. The first-order chi connectivity index (χ1) is 7.83. The third-order valence-electron chi connectivity index (χ3n) is 4.03. The maximum absolute atomic E-state index is 3.80. The van der Waals surface area contributed by atoms with E-state index in [4.69, 9.17) is 0 Å². The summed E-state index contributed by atoms with van der Waals surface area (Å²) in [5.41, 5.74) is 1.47. The Hall–Kier alpha value is -0.340. The molecule has 2 bridgehead atoms. The minimum Gasteiger partial charge on any atom is -0.293 e. The molecule has 3 rings (SSSR count). The van der Waals surface area contributed by atoms with E-state index in [1.54, 1.807) is 0 Å². The van der Waals surface area contributed by atoms with Crippen molar-refractivity contribution in [3.05, 3.63) is 35.9 Å². The van der Waals surface area contributed by atoms with Gasteiger partial charge < -0.3 is 0 Å². The van der Waals surface area contributed by atoms with Crippen molar-refractivity contribution in [2.24, 2.45) is 0 Å². The third-order valence-corrected chi connectivity index (χ3v) is 4.78. The molecule has 0 saturated carbocycles. The van der Waals surface area contributed by atoms with Crippen LogP contribution in [0.15, 0.2) is 30.3 Å². The average Bonchev–Trinajstić information content (AvgIpc) is 2.54. The molecule has 2 saturated heterocycles. The van der Waals surface area contributed by atoms with Crippen LogP contribution in [0, 0.1) is 0 Å². The second kappa shape index (κ2) is 4.50. The van der Waals surface area contributed by atoms with Crippen molar-refractivity contribution < 1.29 is 0 Å². The first kappa shape index (κ1) is 10.8. The summed E-state index contributed by atoms with van der Waals surface area (Å²) in [7, 11) is 0. The number of benzene rings is 1. The van der Waals surface area contributed by atoms with Crippen molar-refractivity contribution in [2.45, 2.75) is 49.1 Å². The molecule has 1 aromatic carbocycles. The molecule has 0 aromatic heterocycles. The van der Waals surface area contributed by atoms with E-state index >= 15 is 0 Å². The maximum Gasteiger partial charge on any atom is 0.0239 e. The summed E-state index contributed by atoms with van der Waals surface area (Å²) in [4.78, 5) is 3.49. The van der Waals surface area contributed by atoms with Crippen molar-refractivity contribution >= 4 is 15.9 Å². The number of halogens is 1. The highest BCUT2D eigenvalue weighted by molar-refractivity contribution is 9.09. The number of hydrogen-bond donors (Lipinski definition) is 0. The van der Waals surface area contributed by atoms with Gasteiger partial charge in [0, 0.05) is 23.5 Å². The molecule has 2 fully saturated rings. The number of fused-ring (bicyclic) bond motifs is 2. The van der Waals surface area contributed by atoms with Crippen LogP contribution in [0.3, 0.4) is 0 Å². The SMILES string of the molecule is BrC1CC2CCC(C1)N2Cc1ccccc1. The lowest BCUT2D eigenvalue weighted by Gasteiger charge is -2.37. The van der Waals surface area contributed by atoms with E-state index in [0.717, 1.165) is 23.5 Å². The number of alkyl halides is 1. The van der Waals surface area contributed by atoms with Crippen LogP contribution < -0.4 is 0 Å². The Balaban J connectivity index is 1.72. The Morgan fingerprint density at radius 3 is 2.31 bits per heavy atom. The van der Waals surface area contributed by atoms with Gasteiger partial charge in [-0.3, -0.25) is 4.90 Å². The van der Waals surface area contributed by atoms with Crippen molar-refractivity contribution in [1.29, 1.82) is 0 Å². The molecule has 0 amide bonds. The minimum absolute atomic E-state index is 0.761. The lowest BCUT2D eigenvalue weighted by molar-refractivity contribution is 0.137. The summed E-state index contributed by atoms with van der Waals surface area (Å²) < 4.78 is 0. The minimum atomic E-state index is 0.761. The lowest BCUT2D eigenvalue weighted by atomic mass is 10.0. The molecule has 2 heterocycles. The van der Waals surface area contributed by atoms with Gasteiger partial charge in [-0.2, -0.15) is 0 Å². The number of hydrogen-bond acceptors (Lipinski definition) is 1. The van der Waals surface area contributed by atoms with Gasteiger partial charge in [0.25, 0.3) is 0 Å². The first-order valence-electron chi connectivity index (χ1n) is 6.26. The summed E-state index contributed by atoms with van der Waals surface area (Å²) in [6, 6.07) is 12.5. The number of nitrogens with zero attached hydrogens (tertiary/aromatic N) is 1. The molecule has 0 N–H and O–H groups in total. The van der Waals surface area contributed by atoms with Gasteiger partial charge in [-0.1, -0.05) is 46.3 Å². The zero-order valence-electron chi connectivity index (χ0n) is 9.48. The van der Waals surface area contributed by atoms with Gasteiger partial charge >= 0.3 is 0 Å². The standard InChI is InChI=1S/C14H18BrN/c15-12-8-13-6-7-14(9-12)16(13)10-11-4-2-1-3-5-11/h1-5,12-14H,6-10H2. The topological polar surface area (TPSA) is 3.24 Å². The molecule has 1 aromatic rings. The largest absolute Gasteiger partial charge is 0.293 e. The lowest BCUT2D eigenvalue weighted by Crippen LogP contribution is -2.42. The molecule has 2 unspecified atom stereocenters. The van der Waals surface area contributed by atoms with Crippen molar-refractivity contribution in [2.75, 3.05) is 0 Å². The Bertz CT molecular complexity index is 337. The van der Waals surface area contributed by atoms with Gasteiger partial charge in [0.15, 0.2) is 0 Å². The zero-order valence-corrected chi connectivity index (χ0v) is 11.1. The van der Waals surface area contributed by atoms with Gasteiger partial charge in [-0.25, -0.2) is 0 Å². The number of piperidine rings is 1. The zero-order chi connectivity index (χ0) is 11.0. The highest BCUT2D eigenvalue weighted by Gasteiger charge is 2.39. The highest BCUT2D eigenvalue weighted by atomic mass is 79.9. The Kier molecular flexibility index (Phi) is 3.03. The van der Waals surface area contributed by atoms with E-state index in [-0.39, 0.29) is 0 Å². The summed E-state index contributed by atoms with van der Waals surface area (Å²) in [5.74, 6) is 0.